The molecule has 2 aliphatic heterocycles. The first kappa shape index (κ1) is 19.1. The molecule has 2 heterocycles. The minimum absolute atomic E-state index is 0.576. The normalized spacial score (nSPS) is 44.8. The molecular formula is C10H19O12P. The highest BCUT2D eigenvalue weighted by Gasteiger charge is 2.49. The van der Waals surface area contributed by atoms with E-state index in [-0.39, 0.29) is 0 Å². The summed E-state index contributed by atoms with van der Waals surface area (Å²) in [7, 11) is -4.78. The third kappa shape index (κ3) is 4.45. The Morgan fingerprint density at radius 2 is 1.35 bits per heavy atom. The molecule has 0 aliphatic carbocycles. The quantitative estimate of drug-likeness (QED) is 0.227. The number of hydrogen-bond donors (Lipinski definition) is 7. The number of ether oxygens (including phenoxy) is 3. The van der Waals surface area contributed by atoms with Crippen molar-refractivity contribution in [3.05, 3.63) is 0 Å². The van der Waals surface area contributed by atoms with Crippen LogP contribution in [0.2, 0.25) is 0 Å². The highest BCUT2D eigenvalue weighted by Crippen LogP contribution is 2.37. The van der Waals surface area contributed by atoms with Crippen LogP contribution in [-0.2, 0) is 23.3 Å². The lowest BCUT2D eigenvalue weighted by Crippen LogP contribution is -2.40. The molecule has 0 spiro atoms. The molecule has 0 radical (unpaired) electrons. The van der Waals surface area contributed by atoms with E-state index >= 15 is 0 Å². The van der Waals surface area contributed by atoms with Gasteiger partial charge in [-0.25, -0.2) is 4.57 Å². The van der Waals surface area contributed by atoms with Crippen molar-refractivity contribution in [2.24, 2.45) is 0 Å². The molecule has 13 heteroatoms. The fourth-order valence-corrected chi connectivity index (χ4v) is 2.59. The summed E-state index contributed by atoms with van der Waals surface area (Å²) in [5.74, 6) is 0. The second-order valence-electron chi connectivity index (χ2n) is 5.15. The van der Waals surface area contributed by atoms with Gasteiger partial charge in [-0.05, 0) is 0 Å². The van der Waals surface area contributed by atoms with Crippen LogP contribution in [0.5, 0.6) is 0 Å². The molecule has 0 amide bonds. The number of rotatable bonds is 6. The van der Waals surface area contributed by atoms with E-state index in [2.05, 4.69) is 4.52 Å². The Labute approximate surface area is 130 Å². The molecule has 0 aromatic heterocycles. The molecule has 2 rings (SSSR count). The van der Waals surface area contributed by atoms with Crippen LogP contribution in [0.4, 0.5) is 0 Å². The first-order chi connectivity index (χ1) is 10.6. The minimum Gasteiger partial charge on any atom is -0.394 e. The van der Waals surface area contributed by atoms with Crippen LogP contribution in [0, 0.1) is 0 Å². The van der Waals surface area contributed by atoms with E-state index in [0.717, 1.165) is 0 Å². The summed E-state index contributed by atoms with van der Waals surface area (Å²) >= 11 is 0. The average Bonchev–Trinajstić information content (AvgIpc) is 2.89. The molecule has 0 bridgehead atoms. The van der Waals surface area contributed by atoms with Crippen LogP contribution in [-0.4, -0.2) is 97.7 Å². The number of hydrogen-bond acceptors (Lipinski definition) is 10. The zero-order valence-electron chi connectivity index (χ0n) is 11.7. The second kappa shape index (κ2) is 7.35. The van der Waals surface area contributed by atoms with Crippen LogP contribution < -0.4 is 0 Å². The Hall–Kier alpha value is -0.210. The maximum atomic E-state index is 10.6. The van der Waals surface area contributed by atoms with Gasteiger partial charge in [-0.2, -0.15) is 0 Å². The fourth-order valence-electron chi connectivity index (χ4n) is 2.25. The summed E-state index contributed by atoms with van der Waals surface area (Å²) in [5.41, 5.74) is 0. The largest absolute Gasteiger partial charge is 0.469 e. The summed E-state index contributed by atoms with van der Waals surface area (Å²) in [6.07, 6.45) is -11.4. The summed E-state index contributed by atoms with van der Waals surface area (Å²) in [6, 6.07) is 0. The van der Waals surface area contributed by atoms with Gasteiger partial charge in [-0.3, -0.25) is 4.52 Å². The maximum Gasteiger partial charge on any atom is 0.469 e. The van der Waals surface area contributed by atoms with Crippen molar-refractivity contribution in [1.29, 1.82) is 0 Å². The summed E-state index contributed by atoms with van der Waals surface area (Å²) in [4.78, 5) is 17.2. The lowest BCUT2D eigenvalue weighted by Gasteiger charge is -2.22. The molecule has 0 aromatic rings. The van der Waals surface area contributed by atoms with Crippen molar-refractivity contribution >= 4 is 7.82 Å². The number of aliphatic hydroxyl groups excluding tert-OH is 5. The fraction of sp³-hybridized carbons (Fsp3) is 1.00. The lowest BCUT2D eigenvalue weighted by atomic mass is 10.1. The van der Waals surface area contributed by atoms with E-state index < -0.39 is 70.2 Å². The predicted molar refractivity (Wildman–Crippen MR) is 67.5 cm³/mol. The number of aliphatic hydroxyl groups is 5. The molecular weight excluding hydrogens is 343 g/mol. The standard InChI is InChI=1S/C10H19O12P/c11-1-3-5(12)7(14)9(20-3)22-10-8(15)6(13)4(21-10)2-19-23(16,17)18/h3-15H,1-2H2,(H2,16,17,18). The van der Waals surface area contributed by atoms with E-state index in [4.69, 9.17) is 29.1 Å². The van der Waals surface area contributed by atoms with Gasteiger partial charge in [-0.1, -0.05) is 0 Å². The topological polar surface area (TPSA) is 196 Å². The zero-order chi connectivity index (χ0) is 17.4. The van der Waals surface area contributed by atoms with Gasteiger partial charge in [0.15, 0.2) is 12.6 Å². The Kier molecular flexibility index (Phi) is 6.11. The minimum atomic E-state index is -4.78. The van der Waals surface area contributed by atoms with Crippen molar-refractivity contribution in [3.63, 3.8) is 0 Å². The van der Waals surface area contributed by atoms with Crippen molar-refractivity contribution in [1.82, 2.24) is 0 Å². The molecule has 23 heavy (non-hydrogen) atoms. The van der Waals surface area contributed by atoms with E-state index in [1.54, 1.807) is 0 Å². The van der Waals surface area contributed by atoms with Crippen LogP contribution >= 0.6 is 7.82 Å². The van der Waals surface area contributed by atoms with Gasteiger partial charge in [0.2, 0.25) is 0 Å². The summed E-state index contributed by atoms with van der Waals surface area (Å²) < 4.78 is 30.0. The highest BCUT2D eigenvalue weighted by molar-refractivity contribution is 7.46. The van der Waals surface area contributed by atoms with Gasteiger partial charge in [-0.15, -0.1) is 0 Å². The van der Waals surface area contributed by atoms with Gasteiger partial charge in [0.25, 0.3) is 0 Å². The molecule has 2 fully saturated rings. The molecule has 8 unspecified atom stereocenters. The Bertz CT molecular complexity index is 442. The van der Waals surface area contributed by atoms with Gasteiger partial charge < -0.3 is 49.5 Å². The summed E-state index contributed by atoms with van der Waals surface area (Å²) in [5, 5.41) is 47.8. The number of phosphoric ester groups is 1. The Balaban J connectivity index is 1.92. The van der Waals surface area contributed by atoms with Crippen molar-refractivity contribution in [3.8, 4) is 0 Å². The predicted octanol–water partition coefficient (Wildman–Crippen LogP) is -4.00. The Morgan fingerprint density at radius 1 is 0.870 bits per heavy atom. The molecule has 8 atom stereocenters. The van der Waals surface area contributed by atoms with E-state index in [9.17, 15) is 25.0 Å². The highest BCUT2D eigenvalue weighted by atomic mass is 31.2. The molecule has 2 saturated heterocycles. The molecule has 12 nitrogen and oxygen atoms in total. The number of phosphoric acid groups is 1. The van der Waals surface area contributed by atoms with Gasteiger partial charge in [0.1, 0.15) is 36.6 Å². The van der Waals surface area contributed by atoms with E-state index in [1.807, 2.05) is 0 Å². The molecule has 2 aliphatic rings. The molecule has 7 N–H and O–H groups in total. The average molecular weight is 362 g/mol. The smallest absolute Gasteiger partial charge is 0.394 e. The first-order valence-electron chi connectivity index (χ1n) is 6.63. The van der Waals surface area contributed by atoms with Crippen molar-refractivity contribution < 1.29 is 58.6 Å². The summed E-state index contributed by atoms with van der Waals surface area (Å²) in [6.45, 7) is -1.29. The van der Waals surface area contributed by atoms with Crippen molar-refractivity contribution in [2.75, 3.05) is 13.2 Å². The van der Waals surface area contributed by atoms with E-state index in [1.165, 1.54) is 0 Å². The van der Waals surface area contributed by atoms with Gasteiger partial charge >= 0.3 is 7.82 Å². The maximum absolute atomic E-state index is 10.6. The zero-order valence-corrected chi connectivity index (χ0v) is 12.5. The molecule has 0 saturated carbocycles. The van der Waals surface area contributed by atoms with Crippen LogP contribution in [0.15, 0.2) is 0 Å². The van der Waals surface area contributed by atoms with E-state index in [0.29, 0.717) is 0 Å². The second-order valence-corrected chi connectivity index (χ2v) is 6.39. The lowest BCUT2D eigenvalue weighted by molar-refractivity contribution is -0.269. The molecule has 136 valence electrons. The van der Waals surface area contributed by atoms with Gasteiger partial charge in [0, 0.05) is 0 Å². The third-order valence-corrected chi connectivity index (χ3v) is 3.98. The Morgan fingerprint density at radius 3 is 1.78 bits per heavy atom. The SMILES string of the molecule is O=P(O)(O)OCC1OC(OC2OC(CO)C(O)C2O)C(O)C1O. The third-order valence-electron chi connectivity index (χ3n) is 3.49. The monoisotopic (exact) mass is 362 g/mol. The molecule has 0 aromatic carbocycles. The first-order valence-corrected chi connectivity index (χ1v) is 8.16. The van der Waals surface area contributed by atoms with Gasteiger partial charge in [0.05, 0.1) is 13.2 Å². The van der Waals surface area contributed by atoms with Crippen LogP contribution in [0.3, 0.4) is 0 Å². The van der Waals surface area contributed by atoms with Crippen LogP contribution in [0.1, 0.15) is 0 Å². The van der Waals surface area contributed by atoms with Crippen molar-refractivity contribution in [2.45, 2.75) is 49.2 Å². The van der Waals surface area contributed by atoms with Crippen LogP contribution in [0.25, 0.3) is 0 Å².